The first kappa shape index (κ1) is 19.3. The minimum Gasteiger partial charge on any atom is -0.489 e. The second kappa shape index (κ2) is 8.86. The highest BCUT2D eigenvalue weighted by molar-refractivity contribution is 6.33. The molecule has 0 unspecified atom stereocenters. The minimum atomic E-state index is 0. The Bertz CT molecular complexity index is 838. The Morgan fingerprint density at radius 3 is 2.24 bits per heavy atom. The van der Waals surface area contributed by atoms with Gasteiger partial charge in [-0.1, -0.05) is 35.3 Å². The van der Waals surface area contributed by atoms with Crippen molar-refractivity contribution >= 4 is 41.3 Å². The molecule has 0 aliphatic heterocycles. The maximum atomic E-state index is 6.12. The van der Waals surface area contributed by atoms with Gasteiger partial charge in [-0.3, -0.25) is 0 Å². The molecule has 0 spiro atoms. The summed E-state index contributed by atoms with van der Waals surface area (Å²) in [4.78, 5) is 0. The lowest BCUT2D eigenvalue weighted by atomic mass is 10.2. The third-order valence-corrected chi connectivity index (χ3v) is 3.98. The number of anilines is 1. The Hall–Kier alpha value is -2.07. The molecule has 0 heterocycles. The van der Waals surface area contributed by atoms with Crippen LogP contribution in [-0.2, 0) is 6.61 Å². The molecule has 0 saturated heterocycles. The van der Waals surface area contributed by atoms with Crippen molar-refractivity contribution in [2.75, 3.05) is 5.73 Å². The number of benzene rings is 3. The van der Waals surface area contributed by atoms with Crippen LogP contribution in [0.15, 0.2) is 66.7 Å². The fraction of sp³-hybridized carbons (Fsp3) is 0.0526. The Kier molecular flexibility index (Phi) is 6.82. The topological polar surface area (TPSA) is 44.5 Å². The fourth-order valence-corrected chi connectivity index (χ4v) is 2.49. The number of nitrogen functional groups attached to an aromatic ring is 1. The highest BCUT2D eigenvalue weighted by atomic mass is 35.5. The molecule has 3 aromatic rings. The number of halogens is 3. The zero-order valence-electron chi connectivity index (χ0n) is 13.1. The Morgan fingerprint density at radius 2 is 1.52 bits per heavy atom. The Balaban J connectivity index is 0.00000225. The highest BCUT2D eigenvalue weighted by Crippen LogP contribution is 2.28. The molecule has 0 radical (unpaired) electrons. The summed E-state index contributed by atoms with van der Waals surface area (Å²) in [6.07, 6.45) is 0. The van der Waals surface area contributed by atoms with Crippen LogP contribution in [0.5, 0.6) is 17.2 Å². The lowest BCUT2D eigenvalue weighted by Gasteiger charge is -2.10. The molecule has 0 aliphatic carbocycles. The van der Waals surface area contributed by atoms with E-state index in [1.54, 1.807) is 24.3 Å². The van der Waals surface area contributed by atoms with E-state index in [2.05, 4.69) is 0 Å². The zero-order chi connectivity index (χ0) is 16.9. The molecule has 0 saturated carbocycles. The van der Waals surface area contributed by atoms with Crippen LogP contribution in [0.2, 0.25) is 10.0 Å². The lowest BCUT2D eigenvalue weighted by Crippen LogP contribution is -1.96. The number of rotatable bonds is 5. The third-order valence-electron chi connectivity index (χ3n) is 3.37. The summed E-state index contributed by atoms with van der Waals surface area (Å²) >= 11 is 12.1. The van der Waals surface area contributed by atoms with Gasteiger partial charge in [0.15, 0.2) is 0 Å². The molecule has 130 valence electrons. The van der Waals surface area contributed by atoms with Gasteiger partial charge in [0.25, 0.3) is 0 Å². The van der Waals surface area contributed by atoms with Gasteiger partial charge < -0.3 is 15.2 Å². The van der Waals surface area contributed by atoms with Gasteiger partial charge in [0.1, 0.15) is 23.9 Å². The molecule has 2 N–H and O–H groups in total. The fourth-order valence-electron chi connectivity index (χ4n) is 2.12. The summed E-state index contributed by atoms with van der Waals surface area (Å²) < 4.78 is 11.5. The average Bonchev–Trinajstić information content (AvgIpc) is 2.59. The summed E-state index contributed by atoms with van der Waals surface area (Å²) in [6.45, 7) is 0.339. The van der Waals surface area contributed by atoms with Crippen molar-refractivity contribution in [1.82, 2.24) is 0 Å². The molecule has 0 amide bonds. The largest absolute Gasteiger partial charge is 0.489 e. The van der Waals surface area contributed by atoms with E-state index in [9.17, 15) is 0 Å². The first-order valence-corrected chi connectivity index (χ1v) is 8.06. The van der Waals surface area contributed by atoms with E-state index in [0.717, 1.165) is 5.56 Å². The summed E-state index contributed by atoms with van der Waals surface area (Å²) in [6, 6.07) is 19.9. The van der Waals surface area contributed by atoms with Crippen molar-refractivity contribution in [2.24, 2.45) is 0 Å². The van der Waals surface area contributed by atoms with Gasteiger partial charge in [-0.25, -0.2) is 0 Å². The molecular weight excluding hydrogens is 381 g/mol. The molecule has 0 fully saturated rings. The molecule has 0 bridgehead atoms. The molecule has 0 aromatic heterocycles. The predicted octanol–water partition coefficient (Wildman–Crippen LogP) is 6.37. The van der Waals surface area contributed by atoms with Gasteiger partial charge in [0.2, 0.25) is 0 Å². The quantitative estimate of drug-likeness (QED) is 0.510. The van der Waals surface area contributed by atoms with E-state index in [-0.39, 0.29) is 12.4 Å². The number of nitrogens with two attached hydrogens (primary N) is 1. The Morgan fingerprint density at radius 1 is 0.840 bits per heavy atom. The SMILES string of the molecule is Cl.Nc1ccccc1Oc1ccc(OCc2cc(Cl)ccc2Cl)cc1. The molecule has 3 aromatic carbocycles. The minimum absolute atomic E-state index is 0. The van der Waals surface area contributed by atoms with Gasteiger partial charge in [0, 0.05) is 15.6 Å². The van der Waals surface area contributed by atoms with E-state index in [1.807, 2.05) is 42.5 Å². The lowest BCUT2D eigenvalue weighted by molar-refractivity contribution is 0.306. The van der Waals surface area contributed by atoms with E-state index in [4.69, 9.17) is 38.4 Å². The first-order valence-electron chi connectivity index (χ1n) is 7.31. The number of hydrogen-bond donors (Lipinski definition) is 1. The molecule has 25 heavy (non-hydrogen) atoms. The number of para-hydroxylation sites is 2. The normalized spacial score (nSPS) is 10.0. The van der Waals surface area contributed by atoms with Crippen molar-refractivity contribution < 1.29 is 9.47 Å². The summed E-state index contributed by atoms with van der Waals surface area (Å²) in [5.74, 6) is 2.01. The Labute approximate surface area is 162 Å². The van der Waals surface area contributed by atoms with Crippen LogP contribution in [0.3, 0.4) is 0 Å². The molecule has 0 aliphatic rings. The van der Waals surface area contributed by atoms with E-state index >= 15 is 0 Å². The maximum absolute atomic E-state index is 6.12. The van der Waals surface area contributed by atoms with Gasteiger partial charge in [-0.05, 0) is 54.6 Å². The van der Waals surface area contributed by atoms with Crippen LogP contribution in [0, 0.1) is 0 Å². The van der Waals surface area contributed by atoms with E-state index < -0.39 is 0 Å². The van der Waals surface area contributed by atoms with Crippen molar-refractivity contribution in [1.29, 1.82) is 0 Å². The smallest absolute Gasteiger partial charge is 0.150 e. The molecule has 6 heteroatoms. The number of ether oxygens (including phenoxy) is 2. The maximum Gasteiger partial charge on any atom is 0.150 e. The summed E-state index contributed by atoms with van der Waals surface area (Å²) in [5.41, 5.74) is 7.29. The van der Waals surface area contributed by atoms with Gasteiger partial charge in [-0.2, -0.15) is 0 Å². The van der Waals surface area contributed by atoms with Gasteiger partial charge in [0.05, 0.1) is 5.69 Å². The average molecular weight is 397 g/mol. The summed E-state index contributed by atoms with van der Waals surface area (Å²) in [5, 5.41) is 1.25. The van der Waals surface area contributed by atoms with Gasteiger partial charge in [-0.15, -0.1) is 12.4 Å². The standard InChI is InChI=1S/C19H15Cl2NO2.ClH/c20-14-5-10-17(21)13(11-14)12-23-15-6-8-16(9-7-15)24-19-4-2-1-3-18(19)22;/h1-11H,12,22H2;1H. The summed E-state index contributed by atoms with van der Waals surface area (Å²) in [7, 11) is 0. The van der Waals surface area contributed by atoms with Crippen LogP contribution in [-0.4, -0.2) is 0 Å². The third kappa shape index (κ3) is 5.20. The molecular formula is C19H16Cl3NO2. The van der Waals surface area contributed by atoms with Crippen molar-refractivity contribution in [3.8, 4) is 17.2 Å². The van der Waals surface area contributed by atoms with Crippen LogP contribution < -0.4 is 15.2 Å². The molecule has 3 nitrogen and oxygen atoms in total. The monoisotopic (exact) mass is 395 g/mol. The van der Waals surface area contributed by atoms with Crippen LogP contribution in [0.1, 0.15) is 5.56 Å². The molecule has 0 atom stereocenters. The van der Waals surface area contributed by atoms with E-state index in [0.29, 0.717) is 39.6 Å². The van der Waals surface area contributed by atoms with Crippen LogP contribution >= 0.6 is 35.6 Å². The molecule has 3 rings (SSSR count). The van der Waals surface area contributed by atoms with Crippen molar-refractivity contribution in [3.05, 3.63) is 82.3 Å². The van der Waals surface area contributed by atoms with Crippen molar-refractivity contribution in [2.45, 2.75) is 6.61 Å². The zero-order valence-corrected chi connectivity index (χ0v) is 15.4. The predicted molar refractivity (Wildman–Crippen MR) is 105 cm³/mol. The van der Waals surface area contributed by atoms with E-state index in [1.165, 1.54) is 0 Å². The van der Waals surface area contributed by atoms with Crippen molar-refractivity contribution in [3.63, 3.8) is 0 Å². The first-order chi connectivity index (χ1) is 11.6. The van der Waals surface area contributed by atoms with Crippen LogP contribution in [0.25, 0.3) is 0 Å². The second-order valence-corrected chi connectivity index (χ2v) is 5.98. The van der Waals surface area contributed by atoms with Gasteiger partial charge >= 0.3 is 0 Å². The van der Waals surface area contributed by atoms with Crippen LogP contribution in [0.4, 0.5) is 5.69 Å². The highest BCUT2D eigenvalue weighted by Gasteiger charge is 2.04. The second-order valence-electron chi connectivity index (χ2n) is 5.14. The number of hydrogen-bond acceptors (Lipinski definition) is 3.